The van der Waals surface area contributed by atoms with Gasteiger partial charge in [0.25, 0.3) is 0 Å². The molecule has 0 bridgehead atoms. The fourth-order valence-corrected chi connectivity index (χ4v) is 3.74. The fourth-order valence-electron chi connectivity index (χ4n) is 1.87. The molecule has 0 heterocycles. The number of rotatable bonds is 10. The molecule has 0 saturated carbocycles. The highest BCUT2D eigenvalue weighted by Crippen LogP contribution is 2.31. The van der Waals surface area contributed by atoms with Crippen LogP contribution in [0.5, 0.6) is 5.75 Å². The second kappa shape index (κ2) is 10.4. The Bertz CT molecular complexity index is 419. The lowest BCUT2D eigenvalue weighted by Crippen LogP contribution is -2.15. The summed E-state index contributed by atoms with van der Waals surface area (Å²) in [5.41, 5.74) is 2.64. The zero-order valence-corrected chi connectivity index (χ0v) is 14.2. The summed E-state index contributed by atoms with van der Waals surface area (Å²) in [5.74, 6) is 2.18. The summed E-state index contributed by atoms with van der Waals surface area (Å²) in [6.45, 7) is 1.43. The molecule has 5 nitrogen and oxygen atoms in total. The Kier molecular flexibility index (Phi) is 9.23. The van der Waals surface area contributed by atoms with Crippen molar-refractivity contribution in [3.05, 3.63) is 28.8 Å². The van der Waals surface area contributed by atoms with Crippen molar-refractivity contribution in [2.75, 3.05) is 24.7 Å². The topological polar surface area (TPSA) is 101 Å². The first-order valence-electron chi connectivity index (χ1n) is 7.02. The quantitative estimate of drug-likeness (QED) is 0.428. The summed E-state index contributed by atoms with van der Waals surface area (Å²) in [6.07, 6.45) is -1.49. The van der Waals surface area contributed by atoms with E-state index in [0.29, 0.717) is 23.0 Å². The molecule has 0 radical (unpaired) electrons. The van der Waals surface area contributed by atoms with Crippen LogP contribution in [0.1, 0.15) is 16.7 Å². The van der Waals surface area contributed by atoms with E-state index in [1.807, 2.05) is 19.1 Å². The number of aromatic hydroxyl groups is 1. The predicted molar refractivity (Wildman–Crippen MR) is 91.4 cm³/mol. The van der Waals surface area contributed by atoms with Crippen LogP contribution in [0.3, 0.4) is 0 Å². The van der Waals surface area contributed by atoms with Crippen molar-refractivity contribution < 1.29 is 25.5 Å². The second-order valence-corrected chi connectivity index (χ2v) is 7.20. The summed E-state index contributed by atoms with van der Waals surface area (Å²) in [5, 5.41) is 46.5. The highest BCUT2D eigenvalue weighted by molar-refractivity contribution is 7.98. The molecule has 2 unspecified atom stereocenters. The molecule has 0 fully saturated rings. The Morgan fingerprint density at radius 1 is 0.909 bits per heavy atom. The lowest BCUT2D eigenvalue weighted by atomic mass is 10.1. The zero-order valence-electron chi connectivity index (χ0n) is 12.6. The zero-order chi connectivity index (χ0) is 16.5. The first-order chi connectivity index (χ1) is 10.5. The standard InChI is InChI=1S/C15H24O5S2/c1-10-2-11(6-21-8-13(18)4-16)15(20)12(3-10)7-22-9-14(19)5-17/h2-3,13-14,16-20H,4-9H2,1H3. The molecule has 0 saturated heterocycles. The van der Waals surface area contributed by atoms with Crippen molar-refractivity contribution in [3.8, 4) is 5.75 Å². The fraction of sp³-hybridized carbons (Fsp3) is 0.600. The lowest BCUT2D eigenvalue weighted by molar-refractivity contribution is 0.113. The third kappa shape index (κ3) is 6.76. The van der Waals surface area contributed by atoms with Gasteiger partial charge in [-0.2, -0.15) is 23.5 Å². The van der Waals surface area contributed by atoms with Gasteiger partial charge < -0.3 is 25.5 Å². The molecule has 22 heavy (non-hydrogen) atoms. The Morgan fingerprint density at radius 3 is 1.68 bits per heavy atom. The molecule has 126 valence electrons. The molecular weight excluding hydrogens is 324 g/mol. The minimum Gasteiger partial charge on any atom is -0.507 e. The van der Waals surface area contributed by atoms with Gasteiger partial charge in [-0.05, 0) is 6.92 Å². The Morgan fingerprint density at radius 2 is 1.32 bits per heavy atom. The number of aryl methyl sites for hydroxylation is 1. The molecule has 0 spiro atoms. The van der Waals surface area contributed by atoms with Gasteiger partial charge in [0, 0.05) is 34.1 Å². The highest BCUT2D eigenvalue weighted by Gasteiger charge is 2.11. The smallest absolute Gasteiger partial charge is 0.123 e. The summed E-state index contributed by atoms with van der Waals surface area (Å²) in [7, 11) is 0. The molecule has 0 aromatic heterocycles. The van der Waals surface area contributed by atoms with Crippen molar-refractivity contribution in [2.45, 2.75) is 30.6 Å². The van der Waals surface area contributed by atoms with Gasteiger partial charge in [0.2, 0.25) is 0 Å². The summed E-state index contributed by atoms with van der Waals surface area (Å²) >= 11 is 2.91. The number of aliphatic hydroxyl groups is 4. The van der Waals surface area contributed by atoms with Gasteiger partial charge in [-0.25, -0.2) is 0 Å². The van der Waals surface area contributed by atoms with Crippen LogP contribution in [-0.4, -0.2) is 62.5 Å². The van der Waals surface area contributed by atoms with Gasteiger partial charge in [-0.1, -0.05) is 17.7 Å². The third-order valence-corrected chi connectivity index (χ3v) is 5.24. The second-order valence-electron chi connectivity index (χ2n) is 5.13. The Labute approximate surface area is 139 Å². The number of hydrogen-bond acceptors (Lipinski definition) is 7. The number of phenolic OH excluding ortho intramolecular Hbond substituents is 1. The molecule has 5 N–H and O–H groups in total. The van der Waals surface area contributed by atoms with Gasteiger partial charge in [0.15, 0.2) is 0 Å². The van der Waals surface area contributed by atoms with E-state index in [4.69, 9.17) is 10.2 Å². The van der Waals surface area contributed by atoms with Gasteiger partial charge in [0.05, 0.1) is 25.4 Å². The van der Waals surface area contributed by atoms with Gasteiger partial charge >= 0.3 is 0 Å². The molecular formula is C15H24O5S2. The van der Waals surface area contributed by atoms with Crippen LogP contribution in [0.15, 0.2) is 12.1 Å². The molecule has 1 rings (SSSR count). The van der Waals surface area contributed by atoms with Crippen molar-refractivity contribution in [1.82, 2.24) is 0 Å². The van der Waals surface area contributed by atoms with E-state index in [1.54, 1.807) is 0 Å². The van der Waals surface area contributed by atoms with E-state index in [9.17, 15) is 15.3 Å². The van der Waals surface area contributed by atoms with Crippen LogP contribution in [0.25, 0.3) is 0 Å². The number of thioether (sulfide) groups is 2. The number of benzene rings is 1. The number of aliphatic hydroxyl groups excluding tert-OH is 4. The highest BCUT2D eigenvalue weighted by atomic mass is 32.2. The first kappa shape index (κ1) is 19.6. The normalized spacial score (nSPS) is 14.0. The monoisotopic (exact) mass is 348 g/mol. The summed E-state index contributed by atoms with van der Waals surface area (Å²) < 4.78 is 0. The van der Waals surface area contributed by atoms with E-state index >= 15 is 0 Å². The van der Waals surface area contributed by atoms with E-state index in [-0.39, 0.29) is 19.0 Å². The SMILES string of the molecule is Cc1cc(CSCC(O)CO)c(O)c(CSCC(O)CO)c1. The maximum atomic E-state index is 10.3. The van der Waals surface area contributed by atoms with E-state index in [1.165, 1.54) is 23.5 Å². The average molecular weight is 348 g/mol. The van der Waals surface area contributed by atoms with Crippen molar-refractivity contribution >= 4 is 23.5 Å². The summed E-state index contributed by atoms with van der Waals surface area (Å²) in [4.78, 5) is 0. The van der Waals surface area contributed by atoms with E-state index < -0.39 is 12.2 Å². The minimum atomic E-state index is -0.744. The molecule has 7 heteroatoms. The molecule has 0 aliphatic carbocycles. The van der Waals surface area contributed by atoms with Crippen LogP contribution < -0.4 is 0 Å². The van der Waals surface area contributed by atoms with Crippen LogP contribution in [0.2, 0.25) is 0 Å². The van der Waals surface area contributed by atoms with Crippen molar-refractivity contribution in [2.24, 2.45) is 0 Å². The van der Waals surface area contributed by atoms with E-state index in [2.05, 4.69) is 0 Å². The van der Waals surface area contributed by atoms with Crippen LogP contribution >= 0.6 is 23.5 Å². The maximum absolute atomic E-state index is 10.3. The number of phenols is 1. The van der Waals surface area contributed by atoms with Crippen LogP contribution in [-0.2, 0) is 11.5 Å². The van der Waals surface area contributed by atoms with Gasteiger partial charge in [0.1, 0.15) is 5.75 Å². The molecule has 0 aliphatic heterocycles. The number of hydrogen-bond donors (Lipinski definition) is 5. The van der Waals surface area contributed by atoms with E-state index in [0.717, 1.165) is 16.7 Å². The predicted octanol–water partition coefficient (Wildman–Crippen LogP) is 0.873. The van der Waals surface area contributed by atoms with Gasteiger partial charge in [-0.3, -0.25) is 0 Å². The molecule has 1 aromatic carbocycles. The lowest BCUT2D eigenvalue weighted by Gasteiger charge is -2.13. The third-order valence-electron chi connectivity index (χ3n) is 2.97. The average Bonchev–Trinajstić information content (AvgIpc) is 2.50. The van der Waals surface area contributed by atoms with Crippen molar-refractivity contribution in [1.29, 1.82) is 0 Å². The van der Waals surface area contributed by atoms with Crippen LogP contribution in [0, 0.1) is 6.92 Å². The van der Waals surface area contributed by atoms with Crippen LogP contribution in [0.4, 0.5) is 0 Å². The Balaban J connectivity index is 2.63. The minimum absolute atomic E-state index is 0.238. The maximum Gasteiger partial charge on any atom is 0.123 e. The van der Waals surface area contributed by atoms with Gasteiger partial charge in [-0.15, -0.1) is 0 Å². The largest absolute Gasteiger partial charge is 0.507 e. The molecule has 1 aromatic rings. The molecule has 0 aliphatic rings. The molecule has 0 amide bonds. The summed E-state index contributed by atoms with van der Waals surface area (Å²) in [6, 6.07) is 3.81. The first-order valence-corrected chi connectivity index (χ1v) is 9.33. The molecule has 2 atom stereocenters. The van der Waals surface area contributed by atoms with Crippen molar-refractivity contribution in [3.63, 3.8) is 0 Å². The Hall–Kier alpha value is -0.440.